The second-order valence-corrected chi connectivity index (χ2v) is 15.0. The minimum atomic E-state index is -0.457. The summed E-state index contributed by atoms with van der Waals surface area (Å²) in [6, 6.07) is 18.4. The van der Waals surface area contributed by atoms with Crippen molar-refractivity contribution in [3.05, 3.63) is 112 Å². The van der Waals surface area contributed by atoms with E-state index in [1.165, 1.54) is 26.1 Å². The number of hydrogen-bond donors (Lipinski definition) is 3. The number of piperidine rings is 1. The zero-order valence-electron chi connectivity index (χ0n) is 34.4. The summed E-state index contributed by atoms with van der Waals surface area (Å²) in [6.07, 6.45) is 6.28. The average Bonchev–Trinajstić information content (AvgIpc) is 3.20. The van der Waals surface area contributed by atoms with E-state index in [-0.39, 0.29) is 46.2 Å². The number of benzene rings is 2. The summed E-state index contributed by atoms with van der Waals surface area (Å²) >= 11 is 5.87. The number of rotatable bonds is 13. The van der Waals surface area contributed by atoms with Gasteiger partial charge in [-0.05, 0) is 100 Å². The summed E-state index contributed by atoms with van der Waals surface area (Å²) in [5.74, 6) is 6.51. The van der Waals surface area contributed by atoms with Crippen LogP contribution in [0, 0.1) is 23.7 Å². The van der Waals surface area contributed by atoms with Crippen LogP contribution in [-0.2, 0) is 9.59 Å². The van der Waals surface area contributed by atoms with Gasteiger partial charge in [-0.3, -0.25) is 24.0 Å². The molecule has 308 valence electrons. The fraction of sp³-hybridized carbons (Fsp3) is 0.348. The van der Waals surface area contributed by atoms with Crippen molar-refractivity contribution in [3.8, 4) is 11.8 Å². The highest BCUT2D eigenvalue weighted by atomic mass is 35.5. The first-order chi connectivity index (χ1) is 28.1. The van der Waals surface area contributed by atoms with Gasteiger partial charge >= 0.3 is 6.03 Å². The fourth-order valence-electron chi connectivity index (χ4n) is 6.69. The number of anilines is 3. The van der Waals surface area contributed by atoms with Crippen molar-refractivity contribution in [2.45, 2.75) is 79.7 Å². The van der Waals surface area contributed by atoms with Gasteiger partial charge in [0, 0.05) is 84.0 Å². The van der Waals surface area contributed by atoms with Crippen LogP contribution in [0.2, 0.25) is 5.15 Å². The molecule has 0 bridgehead atoms. The lowest BCUT2D eigenvalue weighted by Crippen LogP contribution is -2.42. The van der Waals surface area contributed by atoms with Gasteiger partial charge in [-0.15, -0.1) is 0 Å². The maximum atomic E-state index is 13.4. The lowest BCUT2D eigenvalue weighted by molar-refractivity contribution is -0.123. The molecule has 13 heteroatoms. The van der Waals surface area contributed by atoms with Crippen LogP contribution in [0.15, 0.2) is 79.1 Å². The lowest BCUT2D eigenvalue weighted by atomic mass is 9.87. The number of carbonyl (C=O) groups is 6. The standard InChI is InChI=1S/C35H31ClN6O4.C11H20O2/c1-22(43)30-7-4-8-31(33(30)23(2)44)39-26-13-17-42(18-14-26)34(45)25-6-3-5-24(19-25)9-10-27-20-28(11-15-37-27)40-35(46)41-29-12-16-38-32(36)21-29;1-5-10(13)6-7-11(8(2)3)9(4)12/h3-8,11-12,15-16,19-21,26,39H,13-14,17-18H2,1-2H3,(H2,37,38,40,41,46);8,11H,5-7H2,1-4H3. The van der Waals surface area contributed by atoms with Gasteiger partial charge in [0.25, 0.3) is 5.91 Å². The number of likely N-dealkylation sites (tertiary alicyclic amines) is 1. The van der Waals surface area contributed by atoms with Gasteiger partial charge in [0.15, 0.2) is 11.6 Å². The summed E-state index contributed by atoms with van der Waals surface area (Å²) in [5, 5.41) is 9.11. The first-order valence-electron chi connectivity index (χ1n) is 19.7. The first kappa shape index (κ1) is 45.5. The molecule has 3 N–H and O–H groups in total. The molecule has 3 heterocycles. The maximum absolute atomic E-state index is 13.4. The van der Waals surface area contributed by atoms with Crippen LogP contribution < -0.4 is 16.0 Å². The Hall–Kier alpha value is -6.19. The molecule has 12 nitrogen and oxygen atoms in total. The lowest BCUT2D eigenvalue weighted by Gasteiger charge is -2.33. The molecule has 1 saturated heterocycles. The second-order valence-electron chi connectivity index (χ2n) is 14.7. The maximum Gasteiger partial charge on any atom is 0.323 e. The predicted octanol–water partition coefficient (Wildman–Crippen LogP) is 8.90. The number of Topliss-reactive ketones (excluding diaryl/α,β-unsaturated/α-hetero) is 4. The number of ketones is 4. The number of nitrogens with one attached hydrogen (secondary N) is 3. The predicted molar refractivity (Wildman–Crippen MR) is 231 cm³/mol. The number of carbonyl (C=O) groups excluding carboxylic acids is 6. The van der Waals surface area contributed by atoms with Gasteiger partial charge in [-0.2, -0.15) is 0 Å². The van der Waals surface area contributed by atoms with Gasteiger partial charge in [0.05, 0.1) is 5.56 Å². The van der Waals surface area contributed by atoms with Crippen molar-refractivity contribution in [1.29, 1.82) is 0 Å². The smallest absolute Gasteiger partial charge is 0.323 e. The third-order valence-corrected chi connectivity index (χ3v) is 10.0. The van der Waals surface area contributed by atoms with Gasteiger partial charge in [0.2, 0.25) is 0 Å². The monoisotopic (exact) mass is 818 g/mol. The number of halogens is 1. The van der Waals surface area contributed by atoms with E-state index in [1.807, 2.05) is 37.8 Å². The van der Waals surface area contributed by atoms with E-state index in [4.69, 9.17) is 11.6 Å². The Morgan fingerprint density at radius 1 is 0.831 bits per heavy atom. The average molecular weight is 819 g/mol. The Morgan fingerprint density at radius 2 is 1.49 bits per heavy atom. The first-order valence-corrected chi connectivity index (χ1v) is 20.0. The highest BCUT2D eigenvalue weighted by Crippen LogP contribution is 2.25. The minimum absolute atomic E-state index is 0.0551. The molecule has 1 fully saturated rings. The molecule has 1 unspecified atom stereocenters. The van der Waals surface area contributed by atoms with E-state index in [2.05, 4.69) is 37.8 Å². The number of nitrogens with zero attached hydrogens (tertiary/aromatic N) is 3. The molecular formula is C46H51ClN6O6. The molecule has 4 aromatic rings. The van der Waals surface area contributed by atoms with Crippen LogP contribution >= 0.6 is 11.6 Å². The quantitative estimate of drug-likeness (QED) is 0.0678. The fourth-order valence-corrected chi connectivity index (χ4v) is 6.86. The molecule has 0 saturated carbocycles. The van der Waals surface area contributed by atoms with Gasteiger partial charge in [-0.25, -0.2) is 14.8 Å². The van der Waals surface area contributed by atoms with E-state index in [9.17, 15) is 28.8 Å². The van der Waals surface area contributed by atoms with E-state index in [1.54, 1.807) is 61.7 Å². The molecule has 0 spiro atoms. The molecule has 1 atom stereocenters. The number of pyridine rings is 2. The zero-order chi connectivity index (χ0) is 43.1. The molecule has 2 aromatic heterocycles. The molecule has 5 rings (SSSR count). The third-order valence-electron chi connectivity index (χ3n) is 9.84. The summed E-state index contributed by atoms with van der Waals surface area (Å²) in [4.78, 5) is 82.3. The molecule has 1 aliphatic heterocycles. The number of aromatic nitrogens is 2. The molecule has 0 aliphatic carbocycles. The summed E-state index contributed by atoms with van der Waals surface area (Å²) in [6.45, 7) is 11.5. The minimum Gasteiger partial charge on any atom is -0.382 e. The van der Waals surface area contributed by atoms with Crippen molar-refractivity contribution < 1.29 is 28.8 Å². The Kier molecular flexibility index (Phi) is 17.0. The van der Waals surface area contributed by atoms with E-state index in [0.29, 0.717) is 89.7 Å². The largest absolute Gasteiger partial charge is 0.382 e. The van der Waals surface area contributed by atoms with E-state index >= 15 is 0 Å². The Balaban J connectivity index is 0.000000509. The van der Waals surface area contributed by atoms with Crippen LogP contribution in [0.25, 0.3) is 0 Å². The van der Waals surface area contributed by atoms with Crippen LogP contribution in [0.1, 0.15) is 116 Å². The molecule has 3 amide bonds. The van der Waals surface area contributed by atoms with Crippen molar-refractivity contribution in [2.75, 3.05) is 29.0 Å². The normalized spacial score (nSPS) is 12.8. The molecule has 2 aromatic carbocycles. The van der Waals surface area contributed by atoms with Crippen LogP contribution in [0.3, 0.4) is 0 Å². The van der Waals surface area contributed by atoms with Gasteiger partial charge in [-0.1, -0.05) is 56.5 Å². The molecule has 1 aliphatic rings. The summed E-state index contributed by atoms with van der Waals surface area (Å²) < 4.78 is 0. The highest BCUT2D eigenvalue weighted by Gasteiger charge is 2.25. The zero-order valence-corrected chi connectivity index (χ0v) is 35.1. The third kappa shape index (κ3) is 14.0. The van der Waals surface area contributed by atoms with Crippen molar-refractivity contribution in [1.82, 2.24) is 14.9 Å². The summed E-state index contributed by atoms with van der Waals surface area (Å²) in [5.41, 5.74) is 4.08. The van der Waals surface area contributed by atoms with E-state index in [0.717, 1.165) is 6.42 Å². The topological polar surface area (TPSA) is 168 Å². The van der Waals surface area contributed by atoms with Gasteiger partial charge in [0.1, 0.15) is 22.4 Å². The van der Waals surface area contributed by atoms with E-state index < -0.39 is 6.03 Å². The Bertz CT molecular complexity index is 2240. The molecule has 0 radical (unpaired) electrons. The Labute approximate surface area is 350 Å². The van der Waals surface area contributed by atoms with Crippen LogP contribution in [0.4, 0.5) is 21.9 Å². The number of amides is 3. The van der Waals surface area contributed by atoms with Crippen molar-refractivity contribution >= 4 is 63.7 Å². The number of urea groups is 1. The van der Waals surface area contributed by atoms with Gasteiger partial charge < -0.3 is 20.9 Å². The van der Waals surface area contributed by atoms with Crippen molar-refractivity contribution in [2.24, 2.45) is 11.8 Å². The van der Waals surface area contributed by atoms with Crippen molar-refractivity contribution in [3.63, 3.8) is 0 Å². The molecular weight excluding hydrogens is 768 g/mol. The molecule has 59 heavy (non-hydrogen) atoms. The van der Waals surface area contributed by atoms with Crippen LogP contribution in [0.5, 0.6) is 0 Å². The number of hydrogen-bond acceptors (Lipinski definition) is 9. The summed E-state index contributed by atoms with van der Waals surface area (Å²) in [7, 11) is 0. The highest BCUT2D eigenvalue weighted by molar-refractivity contribution is 6.29. The second kappa shape index (κ2) is 22.1. The Morgan fingerprint density at radius 3 is 2.10 bits per heavy atom. The van der Waals surface area contributed by atoms with Crippen LogP contribution in [-0.4, -0.2) is 69.1 Å². The SMILES string of the molecule is CC(=O)c1cccc(NC2CCN(C(=O)c3cccc(C#Cc4cc(NC(=O)Nc5ccnc(Cl)c5)ccn4)c3)CC2)c1C(C)=O.CCC(=O)CCC(C(C)=O)C(C)C.